The fraction of sp³-hybridized carbons (Fsp3) is 0.300. The number of anilines is 1. The molecule has 10 heteroatoms. The minimum absolute atomic E-state index is 0.0968. The Morgan fingerprint density at radius 2 is 1.93 bits per heavy atom. The summed E-state index contributed by atoms with van der Waals surface area (Å²) in [6.07, 6.45) is -6.07. The predicted octanol–water partition coefficient (Wildman–Crippen LogP) is 4.01. The summed E-state index contributed by atoms with van der Waals surface area (Å²) in [6.45, 7) is 1.74. The third kappa shape index (κ3) is 3.41. The van der Waals surface area contributed by atoms with Crippen molar-refractivity contribution in [2.24, 2.45) is 0 Å². The fourth-order valence-corrected chi connectivity index (χ4v) is 3.77. The van der Waals surface area contributed by atoms with Gasteiger partial charge in [0, 0.05) is 5.56 Å². The van der Waals surface area contributed by atoms with E-state index in [9.17, 15) is 22.7 Å². The number of nitrogens with two attached hydrogens (primary N) is 1. The number of aliphatic hydroxyl groups is 1. The summed E-state index contributed by atoms with van der Waals surface area (Å²) in [5.41, 5.74) is 5.57. The summed E-state index contributed by atoms with van der Waals surface area (Å²) in [6, 6.07) is 5.18. The molecule has 158 valence electrons. The van der Waals surface area contributed by atoms with E-state index < -0.39 is 29.8 Å². The lowest BCUT2D eigenvalue weighted by molar-refractivity contribution is -0.138. The largest absolute Gasteiger partial charge is 0.460 e. The lowest BCUT2D eigenvalue weighted by Crippen LogP contribution is -2.24. The zero-order chi connectivity index (χ0) is 21.8. The highest BCUT2D eigenvalue weighted by molar-refractivity contribution is 5.62. The molecule has 3 aromatic rings. The third-order valence-corrected chi connectivity index (χ3v) is 5.21. The van der Waals surface area contributed by atoms with Crippen LogP contribution >= 0.6 is 0 Å². The number of likely N-dealkylation sites (N-methyl/N-ethyl adjacent to an activating group) is 1. The number of furan rings is 1. The number of alkyl halides is 3. The van der Waals surface area contributed by atoms with E-state index in [1.165, 1.54) is 4.90 Å². The molecule has 30 heavy (non-hydrogen) atoms. The molecule has 4 rings (SSSR count). The molecule has 0 spiro atoms. The van der Waals surface area contributed by atoms with Gasteiger partial charge in [-0.25, -0.2) is 14.4 Å². The van der Waals surface area contributed by atoms with Crippen molar-refractivity contribution in [2.45, 2.75) is 31.8 Å². The van der Waals surface area contributed by atoms with Crippen molar-refractivity contribution in [3.05, 3.63) is 64.3 Å². The fourth-order valence-electron chi connectivity index (χ4n) is 3.77. The van der Waals surface area contributed by atoms with E-state index in [4.69, 9.17) is 10.2 Å². The van der Waals surface area contributed by atoms with Crippen LogP contribution in [0.2, 0.25) is 0 Å². The highest BCUT2D eigenvalue weighted by Gasteiger charge is 2.42. The minimum atomic E-state index is -4.72. The number of aliphatic hydroxyl groups excluding tert-OH is 1. The minimum Gasteiger partial charge on any atom is -0.460 e. The van der Waals surface area contributed by atoms with Crippen molar-refractivity contribution in [3.63, 3.8) is 0 Å². The smallest absolute Gasteiger partial charge is 0.416 e. The zero-order valence-corrected chi connectivity index (χ0v) is 16.0. The maximum atomic E-state index is 13.5. The van der Waals surface area contributed by atoms with Gasteiger partial charge in [-0.2, -0.15) is 13.2 Å². The van der Waals surface area contributed by atoms with E-state index in [2.05, 4.69) is 9.97 Å². The number of nitrogens with zero attached hydrogens (tertiary/aromatic N) is 3. The molecule has 1 aromatic carbocycles. The van der Waals surface area contributed by atoms with E-state index in [0.717, 1.165) is 12.1 Å². The Morgan fingerprint density at radius 3 is 2.57 bits per heavy atom. The summed E-state index contributed by atoms with van der Waals surface area (Å²) >= 11 is 0. The van der Waals surface area contributed by atoms with Crippen molar-refractivity contribution < 1.29 is 27.1 Å². The Balaban J connectivity index is 1.82. The van der Waals surface area contributed by atoms with Gasteiger partial charge in [-0.05, 0) is 50.2 Å². The molecule has 0 saturated heterocycles. The second-order valence-corrected chi connectivity index (χ2v) is 7.20. The Labute approximate surface area is 169 Å². The van der Waals surface area contributed by atoms with Crippen LogP contribution in [0.15, 0.2) is 34.7 Å². The van der Waals surface area contributed by atoms with Crippen LogP contribution in [0.5, 0.6) is 0 Å². The van der Waals surface area contributed by atoms with E-state index in [0.29, 0.717) is 28.8 Å². The molecular formula is C20H18F4N4O2. The van der Waals surface area contributed by atoms with Crippen LogP contribution in [0.4, 0.5) is 23.5 Å². The Morgan fingerprint density at radius 1 is 1.20 bits per heavy atom. The van der Waals surface area contributed by atoms with E-state index in [-0.39, 0.29) is 23.6 Å². The maximum absolute atomic E-state index is 13.5. The lowest BCUT2D eigenvalue weighted by Gasteiger charge is -2.24. The Kier molecular flexibility index (Phi) is 4.78. The summed E-state index contributed by atoms with van der Waals surface area (Å²) in [4.78, 5) is 9.86. The molecule has 0 bridgehead atoms. The standard InChI is InChI=1S/C20H18F4N4O2/c1-9-3-6-14(30-9)17-15-16(26-19(25)27-17)13(28(2)18(15)29)7-10-4-5-11(21)8-12(10)20(22,23)24/h3-6,8,13,18,29H,7H2,1-2H3,(H2,25,26,27). The molecule has 2 atom stereocenters. The highest BCUT2D eigenvalue weighted by atomic mass is 19.4. The molecule has 2 aromatic heterocycles. The molecule has 0 saturated carbocycles. The molecule has 1 aliphatic heterocycles. The average molecular weight is 422 g/mol. The summed E-state index contributed by atoms with van der Waals surface area (Å²) in [7, 11) is 1.56. The Hall–Kier alpha value is -2.98. The van der Waals surface area contributed by atoms with Crippen LogP contribution in [0, 0.1) is 12.7 Å². The first-order valence-electron chi connectivity index (χ1n) is 9.06. The molecule has 0 amide bonds. The van der Waals surface area contributed by atoms with Crippen LogP contribution in [0.3, 0.4) is 0 Å². The lowest BCUT2D eigenvalue weighted by atomic mass is 9.97. The van der Waals surface area contributed by atoms with Crippen molar-refractivity contribution >= 4 is 5.95 Å². The van der Waals surface area contributed by atoms with Crippen molar-refractivity contribution in [1.82, 2.24) is 14.9 Å². The van der Waals surface area contributed by atoms with E-state index in [1.807, 2.05) is 0 Å². The molecule has 3 N–H and O–H groups in total. The van der Waals surface area contributed by atoms with Crippen molar-refractivity contribution in [1.29, 1.82) is 0 Å². The SMILES string of the molecule is Cc1ccc(-c2nc(N)nc3c2C(O)N(C)C3Cc2ccc(F)cc2C(F)(F)F)o1. The molecule has 6 nitrogen and oxygen atoms in total. The number of hydrogen-bond donors (Lipinski definition) is 2. The van der Waals surface area contributed by atoms with Crippen molar-refractivity contribution in [2.75, 3.05) is 12.8 Å². The van der Waals surface area contributed by atoms with Crippen LogP contribution in [0.25, 0.3) is 11.5 Å². The first-order valence-corrected chi connectivity index (χ1v) is 9.06. The number of hydrogen-bond acceptors (Lipinski definition) is 6. The second-order valence-electron chi connectivity index (χ2n) is 7.20. The average Bonchev–Trinajstić information content (AvgIpc) is 3.19. The highest BCUT2D eigenvalue weighted by Crippen LogP contribution is 2.45. The molecule has 2 unspecified atom stereocenters. The van der Waals surface area contributed by atoms with Crippen LogP contribution in [-0.2, 0) is 12.6 Å². The summed E-state index contributed by atoms with van der Waals surface area (Å²) in [5.74, 6) is -0.0908. The molecule has 3 heterocycles. The molecule has 1 aliphatic rings. The van der Waals surface area contributed by atoms with E-state index in [1.54, 1.807) is 26.1 Å². The number of aromatic nitrogens is 2. The normalized spacial score (nSPS) is 19.3. The first kappa shape index (κ1) is 20.3. The van der Waals surface area contributed by atoms with E-state index >= 15 is 0 Å². The number of rotatable bonds is 3. The van der Waals surface area contributed by atoms with Gasteiger partial charge in [0.05, 0.1) is 17.3 Å². The Bertz CT molecular complexity index is 1110. The molecule has 0 radical (unpaired) electrons. The summed E-state index contributed by atoms with van der Waals surface area (Å²) in [5, 5.41) is 10.8. The van der Waals surface area contributed by atoms with Gasteiger partial charge < -0.3 is 15.3 Å². The van der Waals surface area contributed by atoms with Gasteiger partial charge in [-0.3, -0.25) is 4.90 Å². The van der Waals surface area contributed by atoms with Gasteiger partial charge in [0.2, 0.25) is 5.95 Å². The molecular weight excluding hydrogens is 404 g/mol. The van der Waals surface area contributed by atoms with Gasteiger partial charge in [-0.1, -0.05) is 6.07 Å². The zero-order valence-electron chi connectivity index (χ0n) is 16.0. The number of halogens is 4. The van der Waals surface area contributed by atoms with Gasteiger partial charge in [-0.15, -0.1) is 0 Å². The van der Waals surface area contributed by atoms with Gasteiger partial charge in [0.1, 0.15) is 23.5 Å². The van der Waals surface area contributed by atoms with Gasteiger partial charge in [0.15, 0.2) is 5.76 Å². The summed E-state index contributed by atoms with van der Waals surface area (Å²) < 4.78 is 59.4. The first-order chi connectivity index (χ1) is 14.1. The van der Waals surface area contributed by atoms with Gasteiger partial charge in [0.25, 0.3) is 0 Å². The van der Waals surface area contributed by atoms with Gasteiger partial charge >= 0.3 is 6.18 Å². The quantitative estimate of drug-likeness (QED) is 0.621. The topological polar surface area (TPSA) is 88.4 Å². The monoisotopic (exact) mass is 422 g/mol. The van der Waals surface area contributed by atoms with Crippen LogP contribution < -0.4 is 5.73 Å². The number of aryl methyl sites for hydroxylation is 1. The van der Waals surface area contributed by atoms with Crippen LogP contribution in [0.1, 0.15) is 40.4 Å². The number of benzene rings is 1. The maximum Gasteiger partial charge on any atom is 0.416 e. The predicted molar refractivity (Wildman–Crippen MR) is 99.5 cm³/mol. The second kappa shape index (κ2) is 7.06. The van der Waals surface area contributed by atoms with Crippen molar-refractivity contribution in [3.8, 4) is 11.5 Å². The number of fused-ring (bicyclic) bond motifs is 1. The number of nitrogen functional groups attached to an aromatic ring is 1. The molecule has 0 aliphatic carbocycles. The molecule has 0 fully saturated rings. The third-order valence-electron chi connectivity index (χ3n) is 5.21. The van der Waals surface area contributed by atoms with Crippen LogP contribution in [-0.4, -0.2) is 27.0 Å².